The minimum Gasteiger partial charge on any atom is -0.461 e. The summed E-state index contributed by atoms with van der Waals surface area (Å²) >= 11 is 8.24. The van der Waals surface area contributed by atoms with E-state index in [0.717, 1.165) is 8.95 Å². The quantitative estimate of drug-likeness (QED) is 0.390. The Morgan fingerprint density at radius 2 is 2.04 bits per heavy atom. The summed E-state index contributed by atoms with van der Waals surface area (Å²) in [6.07, 6.45) is 3.44. The third kappa shape index (κ3) is 3.96. The average molecular weight is 483 g/mol. The van der Waals surface area contributed by atoms with E-state index in [4.69, 9.17) is 4.42 Å². The Morgan fingerprint density at radius 3 is 2.72 bits per heavy atom. The molecule has 25 heavy (non-hydrogen) atoms. The second-order valence-corrected chi connectivity index (χ2v) is 7.64. The van der Waals surface area contributed by atoms with E-state index in [-0.39, 0.29) is 5.91 Å². The van der Waals surface area contributed by atoms with Crippen LogP contribution in [0.25, 0.3) is 11.6 Å². The summed E-state index contributed by atoms with van der Waals surface area (Å²) in [5.74, 6) is 0.777. The third-order valence-corrected chi connectivity index (χ3v) is 5.26. The fraction of sp³-hybridized carbons (Fsp3) is 0.118. The average Bonchev–Trinajstić information content (AvgIpc) is 3.11. The summed E-state index contributed by atoms with van der Waals surface area (Å²) in [5.41, 5.74) is 1.71. The van der Waals surface area contributed by atoms with Crippen molar-refractivity contribution in [3.63, 3.8) is 0 Å². The number of nitrogens with zero attached hydrogens (tertiary/aromatic N) is 2. The van der Waals surface area contributed by atoms with Crippen molar-refractivity contribution in [1.29, 1.82) is 0 Å². The van der Waals surface area contributed by atoms with Crippen LogP contribution in [0.3, 0.4) is 0 Å². The molecular formula is C17H13Br2N3O2S. The summed E-state index contributed by atoms with van der Waals surface area (Å²) in [6, 6.07) is 9.14. The van der Waals surface area contributed by atoms with Gasteiger partial charge in [-0.1, -0.05) is 15.9 Å². The highest BCUT2D eigenvalue weighted by atomic mass is 79.9. The number of hydrogen-bond acceptors (Lipinski definition) is 5. The Labute approximate surface area is 165 Å². The van der Waals surface area contributed by atoms with E-state index in [9.17, 15) is 4.79 Å². The molecule has 2 aromatic heterocycles. The number of aromatic nitrogens is 2. The first-order valence-corrected chi connectivity index (χ1v) is 10.0. The van der Waals surface area contributed by atoms with E-state index in [0.29, 0.717) is 33.6 Å². The van der Waals surface area contributed by atoms with Gasteiger partial charge in [0, 0.05) is 8.95 Å². The van der Waals surface area contributed by atoms with Crippen molar-refractivity contribution in [2.75, 3.05) is 11.6 Å². The van der Waals surface area contributed by atoms with Gasteiger partial charge in [0.25, 0.3) is 5.91 Å². The third-order valence-electron chi connectivity index (χ3n) is 3.40. The van der Waals surface area contributed by atoms with Crippen LogP contribution in [0.5, 0.6) is 0 Å². The molecule has 0 bridgehead atoms. The van der Waals surface area contributed by atoms with Crippen LogP contribution in [0.2, 0.25) is 0 Å². The summed E-state index contributed by atoms with van der Waals surface area (Å²) in [5, 5.41) is 3.50. The van der Waals surface area contributed by atoms with Crippen molar-refractivity contribution in [3.05, 3.63) is 56.8 Å². The van der Waals surface area contributed by atoms with Crippen molar-refractivity contribution in [1.82, 2.24) is 9.97 Å². The number of furan rings is 1. The number of nitrogens with one attached hydrogen (secondary N) is 1. The van der Waals surface area contributed by atoms with Gasteiger partial charge >= 0.3 is 0 Å². The molecular weight excluding hydrogens is 470 g/mol. The van der Waals surface area contributed by atoms with E-state index in [1.165, 1.54) is 11.8 Å². The van der Waals surface area contributed by atoms with Crippen LogP contribution in [-0.4, -0.2) is 22.1 Å². The minimum absolute atomic E-state index is 0.258. The SMILES string of the molecule is CSc1nc(-c2ccco2)nc(C)c1C(=O)Nc1cc(Br)ccc1Br. The summed E-state index contributed by atoms with van der Waals surface area (Å²) in [4.78, 5) is 21.7. The van der Waals surface area contributed by atoms with E-state index < -0.39 is 0 Å². The molecule has 1 aromatic carbocycles. The van der Waals surface area contributed by atoms with Crippen molar-refractivity contribution in [2.45, 2.75) is 11.9 Å². The van der Waals surface area contributed by atoms with Crippen molar-refractivity contribution >= 4 is 55.2 Å². The Balaban J connectivity index is 1.98. The molecule has 3 aromatic rings. The molecule has 5 nitrogen and oxygen atoms in total. The Kier molecular flexibility index (Phi) is 5.61. The second kappa shape index (κ2) is 7.72. The lowest BCUT2D eigenvalue weighted by molar-refractivity contribution is 0.102. The zero-order valence-corrected chi connectivity index (χ0v) is 17.3. The molecule has 0 fully saturated rings. The topological polar surface area (TPSA) is 68.0 Å². The van der Waals surface area contributed by atoms with E-state index in [1.807, 2.05) is 24.5 Å². The number of thioether (sulfide) groups is 1. The van der Waals surface area contributed by atoms with E-state index in [1.54, 1.807) is 25.3 Å². The van der Waals surface area contributed by atoms with Gasteiger partial charge in [-0.05, 0) is 59.4 Å². The lowest BCUT2D eigenvalue weighted by Gasteiger charge is -2.12. The first-order chi connectivity index (χ1) is 12.0. The maximum atomic E-state index is 12.8. The maximum absolute atomic E-state index is 12.8. The number of carbonyl (C=O) groups is 1. The number of anilines is 1. The first-order valence-electron chi connectivity index (χ1n) is 7.22. The molecule has 0 aliphatic carbocycles. The molecule has 1 N–H and O–H groups in total. The predicted molar refractivity (Wildman–Crippen MR) is 106 cm³/mol. The largest absolute Gasteiger partial charge is 0.461 e. The van der Waals surface area contributed by atoms with Gasteiger partial charge in [-0.25, -0.2) is 9.97 Å². The fourth-order valence-corrected chi connectivity index (χ4v) is 3.58. The predicted octanol–water partition coefficient (Wildman–Crippen LogP) is 5.54. The van der Waals surface area contributed by atoms with Crippen molar-refractivity contribution < 1.29 is 9.21 Å². The van der Waals surface area contributed by atoms with Crippen molar-refractivity contribution in [3.8, 4) is 11.6 Å². The van der Waals surface area contributed by atoms with Crippen LogP contribution >= 0.6 is 43.6 Å². The van der Waals surface area contributed by atoms with E-state index >= 15 is 0 Å². The zero-order valence-electron chi connectivity index (χ0n) is 13.3. The smallest absolute Gasteiger partial charge is 0.260 e. The first kappa shape index (κ1) is 18.2. The van der Waals surface area contributed by atoms with Crippen molar-refractivity contribution in [2.24, 2.45) is 0 Å². The van der Waals surface area contributed by atoms with Gasteiger partial charge in [0.2, 0.25) is 0 Å². The number of amides is 1. The Hall–Kier alpha value is -1.64. The molecule has 0 aliphatic rings. The van der Waals surface area contributed by atoms with Crippen LogP contribution in [0.1, 0.15) is 16.1 Å². The maximum Gasteiger partial charge on any atom is 0.260 e. The molecule has 0 saturated carbocycles. The van der Waals surface area contributed by atoms with Gasteiger partial charge in [0.05, 0.1) is 23.2 Å². The number of rotatable bonds is 4. The highest BCUT2D eigenvalue weighted by Gasteiger charge is 2.20. The van der Waals surface area contributed by atoms with Gasteiger partial charge < -0.3 is 9.73 Å². The molecule has 0 radical (unpaired) electrons. The minimum atomic E-state index is -0.258. The molecule has 0 spiro atoms. The van der Waals surface area contributed by atoms with Gasteiger partial charge in [-0.2, -0.15) is 0 Å². The van der Waals surface area contributed by atoms with Crippen LogP contribution < -0.4 is 5.32 Å². The molecule has 0 saturated heterocycles. The molecule has 0 aliphatic heterocycles. The lowest BCUT2D eigenvalue weighted by atomic mass is 10.2. The zero-order chi connectivity index (χ0) is 18.0. The second-order valence-electron chi connectivity index (χ2n) is 5.07. The lowest BCUT2D eigenvalue weighted by Crippen LogP contribution is -2.17. The molecule has 0 atom stereocenters. The molecule has 0 unspecified atom stereocenters. The number of carbonyl (C=O) groups excluding carboxylic acids is 1. The highest BCUT2D eigenvalue weighted by Crippen LogP contribution is 2.29. The van der Waals surface area contributed by atoms with E-state index in [2.05, 4.69) is 47.1 Å². The Bertz CT molecular complexity index is 930. The van der Waals surface area contributed by atoms with Gasteiger partial charge in [0.15, 0.2) is 11.6 Å². The molecule has 128 valence electrons. The van der Waals surface area contributed by atoms with Crippen LogP contribution in [0.4, 0.5) is 5.69 Å². The monoisotopic (exact) mass is 481 g/mol. The number of aryl methyl sites for hydroxylation is 1. The molecule has 8 heteroatoms. The van der Waals surface area contributed by atoms with Gasteiger partial charge in [-0.15, -0.1) is 11.8 Å². The molecule has 2 heterocycles. The number of hydrogen-bond donors (Lipinski definition) is 1. The Morgan fingerprint density at radius 1 is 1.24 bits per heavy atom. The normalized spacial score (nSPS) is 10.7. The summed E-state index contributed by atoms with van der Waals surface area (Å²) in [7, 11) is 0. The van der Waals surface area contributed by atoms with Crippen LogP contribution in [0, 0.1) is 6.92 Å². The summed E-state index contributed by atoms with van der Waals surface area (Å²) < 4.78 is 7.02. The van der Waals surface area contributed by atoms with Gasteiger partial charge in [0.1, 0.15) is 5.03 Å². The summed E-state index contributed by atoms with van der Waals surface area (Å²) in [6.45, 7) is 1.79. The van der Waals surface area contributed by atoms with Crippen LogP contribution in [0.15, 0.2) is 55.0 Å². The standard InChI is InChI=1S/C17H13Br2N3O2S/c1-9-14(16(23)21-12-8-10(18)5-6-11(12)19)17(25-2)22-15(20-9)13-4-3-7-24-13/h3-8H,1-2H3,(H,21,23). The van der Waals surface area contributed by atoms with Crippen LogP contribution in [-0.2, 0) is 0 Å². The number of halogens is 2. The van der Waals surface area contributed by atoms with Gasteiger partial charge in [-0.3, -0.25) is 4.79 Å². The molecule has 3 rings (SSSR count). The molecule has 1 amide bonds. The fourth-order valence-electron chi connectivity index (χ4n) is 2.25. The highest BCUT2D eigenvalue weighted by molar-refractivity contribution is 9.11. The number of benzene rings is 1.